The number of benzene rings is 1. The van der Waals surface area contributed by atoms with Crippen LogP contribution in [0.4, 0.5) is 0 Å². The van der Waals surface area contributed by atoms with E-state index in [1.54, 1.807) is 44.3 Å². The minimum Gasteiger partial charge on any atom is -0.361 e. The zero-order valence-electron chi connectivity index (χ0n) is 12.8. The van der Waals surface area contributed by atoms with E-state index in [4.69, 9.17) is 4.52 Å². The smallest absolute Gasteiger partial charge is 0.262 e. The number of carbonyl (C=O) groups excluding carboxylic acids is 3. The molecule has 0 aliphatic carbocycles. The van der Waals surface area contributed by atoms with E-state index in [-0.39, 0.29) is 19.0 Å². The summed E-state index contributed by atoms with van der Waals surface area (Å²) in [6.07, 6.45) is 0. The van der Waals surface area contributed by atoms with Crippen LogP contribution in [-0.2, 0) is 11.3 Å². The van der Waals surface area contributed by atoms with Crippen LogP contribution in [0.2, 0.25) is 0 Å². The molecule has 23 heavy (non-hydrogen) atoms. The topological polar surface area (TPSA) is 83.7 Å². The Morgan fingerprint density at radius 3 is 2.35 bits per heavy atom. The second-order valence-electron chi connectivity index (χ2n) is 5.42. The van der Waals surface area contributed by atoms with Gasteiger partial charge in [-0.15, -0.1) is 0 Å². The Morgan fingerprint density at radius 2 is 1.83 bits per heavy atom. The Balaban J connectivity index is 1.69. The molecule has 0 saturated carbocycles. The number of aryl methyl sites for hydroxylation is 1. The van der Waals surface area contributed by atoms with Crippen LogP contribution in [0.15, 0.2) is 34.9 Å². The standard InChI is InChI=1S/C16H15N3O4/c1-10-7-11(17-23-10)8-18(2)14(20)9-19-15(21)12-5-3-4-6-13(12)16(19)22/h3-7H,8-9H2,1-2H3. The first-order valence-corrected chi connectivity index (χ1v) is 7.08. The van der Waals surface area contributed by atoms with Crippen LogP contribution in [0.25, 0.3) is 0 Å². The van der Waals surface area contributed by atoms with E-state index in [0.717, 1.165) is 4.90 Å². The van der Waals surface area contributed by atoms with Crippen molar-refractivity contribution in [3.8, 4) is 0 Å². The van der Waals surface area contributed by atoms with Crippen molar-refractivity contribution in [3.63, 3.8) is 0 Å². The first-order valence-electron chi connectivity index (χ1n) is 7.08. The molecule has 0 N–H and O–H groups in total. The second kappa shape index (κ2) is 5.68. The van der Waals surface area contributed by atoms with Gasteiger partial charge in [-0.3, -0.25) is 19.3 Å². The lowest BCUT2D eigenvalue weighted by molar-refractivity contribution is -0.130. The summed E-state index contributed by atoms with van der Waals surface area (Å²) < 4.78 is 4.95. The molecule has 0 radical (unpaired) electrons. The molecule has 1 aliphatic rings. The number of rotatable bonds is 4. The average molecular weight is 313 g/mol. The van der Waals surface area contributed by atoms with Crippen LogP contribution in [-0.4, -0.2) is 46.3 Å². The Hall–Kier alpha value is -2.96. The van der Waals surface area contributed by atoms with Crippen molar-refractivity contribution in [3.05, 3.63) is 52.9 Å². The van der Waals surface area contributed by atoms with E-state index in [0.29, 0.717) is 22.6 Å². The largest absolute Gasteiger partial charge is 0.361 e. The number of carbonyl (C=O) groups is 3. The minimum atomic E-state index is -0.440. The number of amides is 3. The quantitative estimate of drug-likeness (QED) is 0.793. The molecule has 3 rings (SSSR count). The third-order valence-electron chi connectivity index (χ3n) is 3.67. The molecule has 7 heteroatoms. The molecule has 2 heterocycles. The van der Waals surface area contributed by atoms with Gasteiger partial charge in [-0.25, -0.2) is 0 Å². The number of fused-ring (bicyclic) bond motifs is 1. The third-order valence-corrected chi connectivity index (χ3v) is 3.67. The monoisotopic (exact) mass is 313 g/mol. The van der Waals surface area contributed by atoms with Crippen molar-refractivity contribution < 1.29 is 18.9 Å². The molecule has 7 nitrogen and oxygen atoms in total. The van der Waals surface area contributed by atoms with Gasteiger partial charge in [-0.05, 0) is 19.1 Å². The van der Waals surface area contributed by atoms with E-state index in [9.17, 15) is 14.4 Å². The zero-order valence-corrected chi connectivity index (χ0v) is 12.8. The summed E-state index contributed by atoms with van der Waals surface area (Å²) >= 11 is 0. The summed E-state index contributed by atoms with van der Waals surface area (Å²) in [7, 11) is 1.59. The summed E-state index contributed by atoms with van der Waals surface area (Å²) in [5.41, 5.74) is 1.28. The van der Waals surface area contributed by atoms with E-state index in [1.165, 1.54) is 4.90 Å². The number of hydrogen-bond donors (Lipinski definition) is 0. The van der Waals surface area contributed by atoms with Gasteiger partial charge in [-0.2, -0.15) is 0 Å². The van der Waals surface area contributed by atoms with Crippen LogP contribution >= 0.6 is 0 Å². The van der Waals surface area contributed by atoms with Gasteiger partial charge in [0.25, 0.3) is 11.8 Å². The molecule has 0 fully saturated rings. The first kappa shape index (κ1) is 15.0. The number of hydrogen-bond acceptors (Lipinski definition) is 5. The summed E-state index contributed by atoms with van der Waals surface area (Å²) in [5, 5.41) is 3.82. The number of aromatic nitrogens is 1. The number of nitrogens with zero attached hydrogens (tertiary/aromatic N) is 3. The van der Waals surface area contributed by atoms with Crippen molar-refractivity contribution in [1.82, 2.24) is 15.0 Å². The maximum absolute atomic E-state index is 12.3. The van der Waals surface area contributed by atoms with Gasteiger partial charge in [-0.1, -0.05) is 17.3 Å². The normalized spacial score (nSPS) is 13.4. The molecule has 0 atom stereocenters. The zero-order chi connectivity index (χ0) is 16.6. The van der Waals surface area contributed by atoms with Gasteiger partial charge >= 0.3 is 0 Å². The van der Waals surface area contributed by atoms with Gasteiger partial charge in [0.2, 0.25) is 5.91 Å². The van der Waals surface area contributed by atoms with E-state index in [2.05, 4.69) is 5.16 Å². The van der Waals surface area contributed by atoms with Crippen LogP contribution in [0.1, 0.15) is 32.2 Å². The van der Waals surface area contributed by atoms with Crippen LogP contribution in [0.3, 0.4) is 0 Å². The van der Waals surface area contributed by atoms with Crippen molar-refractivity contribution in [2.24, 2.45) is 0 Å². The molecule has 0 saturated heterocycles. The summed E-state index contributed by atoms with van der Waals surface area (Å²) in [5.74, 6) is -0.574. The second-order valence-corrected chi connectivity index (χ2v) is 5.42. The Kier molecular flexibility index (Phi) is 3.69. The van der Waals surface area contributed by atoms with E-state index < -0.39 is 11.8 Å². The Morgan fingerprint density at radius 1 is 1.22 bits per heavy atom. The van der Waals surface area contributed by atoms with E-state index in [1.807, 2.05) is 0 Å². The fraction of sp³-hybridized carbons (Fsp3) is 0.250. The van der Waals surface area contributed by atoms with Crippen molar-refractivity contribution in [2.75, 3.05) is 13.6 Å². The fourth-order valence-corrected chi connectivity index (χ4v) is 2.46. The summed E-state index contributed by atoms with van der Waals surface area (Å²) in [6.45, 7) is 1.72. The van der Waals surface area contributed by atoms with Gasteiger partial charge in [0.05, 0.1) is 17.7 Å². The first-order chi connectivity index (χ1) is 11.0. The maximum Gasteiger partial charge on any atom is 0.262 e. The molecule has 118 valence electrons. The highest BCUT2D eigenvalue weighted by molar-refractivity contribution is 6.22. The molecule has 1 aromatic carbocycles. The molecule has 0 bridgehead atoms. The van der Waals surface area contributed by atoms with Crippen LogP contribution in [0, 0.1) is 6.92 Å². The highest BCUT2D eigenvalue weighted by Crippen LogP contribution is 2.22. The maximum atomic E-state index is 12.3. The van der Waals surface area contributed by atoms with E-state index >= 15 is 0 Å². The Labute approximate surface area is 132 Å². The lowest BCUT2D eigenvalue weighted by Crippen LogP contribution is -2.41. The predicted molar refractivity (Wildman–Crippen MR) is 79.5 cm³/mol. The third kappa shape index (κ3) is 2.73. The lowest BCUT2D eigenvalue weighted by Gasteiger charge is -2.19. The highest BCUT2D eigenvalue weighted by Gasteiger charge is 2.36. The molecule has 1 aliphatic heterocycles. The molecule has 3 amide bonds. The fourth-order valence-electron chi connectivity index (χ4n) is 2.46. The van der Waals surface area contributed by atoms with Gasteiger partial charge in [0.1, 0.15) is 18.0 Å². The minimum absolute atomic E-state index is 0.249. The lowest BCUT2D eigenvalue weighted by atomic mass is 10.1. The van der Waals surface area contributed by atoms with Gasteiger partial charge < -0.3 is 9.42 Å². The highest BCUT2D eigenvalue weighted by atomic mass is 16.5. The molecular weight excluding hydrogens is 298 g/mol. The predicted octanol–water partition coefficient (Wildman–Crippen LogP) is 1.24. The van der Waals surface area contributed by atoms with Gasteiger partial charge in [0, 0.05) is 13.1 Å². The van der Waals surface area contributed by atoms with Crippen molar-refractivity contribution in [2.45, 2.75) is 13.5 Å². The SMILES string of the molecule is Cc1cc(CN(C)C(=O)CN2C(=O)c3ccccc3C2=O)no1. The van der Waals surface area contributed by atoms with Gasteiger partial charge in [0.15, 0.2) is 0 Å². The molecule has 0 spiro atoms. The van der Waals surface area contributed by atoms with Crippen LogP contribution < -0.4 is 0 Å². The molecule has 2 aromatic rings. The number of imide groups is 1. The Bertz CT molecular complexity index is 761. The molecule has 1 aromatic heterocycles. The number of likely N-dealkylation sites (N-methyl/N-ethyl adjacent to an activating group) is 1. The van der Waals surface area contributed by atoms with Crippen molar-refractivity contribution in [1.29, 1.82) is 0 Å². The average Bonchev–Trinajstić information content (AvgIpc) is 3.04. The summed E-state index contributed by atoms with van der Waals surface area (Å²) in [6, 6.07) is 8.28. The van der Waals surface area contributed by atoms with Crippen molar-refractivity contribution >= 4 is 17.7 Å². The molecule has 0 unspecified atom stereocenters. The molecular formula is C16H15N3O4. The van der Waals surface area contributed by atoms with Crippen LogP contribution in [0.5, 0.6) is 0 Å². The summed E-state index contributed by atoms with van der Waals surface area (Å²) in [4.78, 5) is 39.1.